The minimum atomic E-state index is -0.277. The van der Waals surface area contributed by atoms with Crippen molar-refractivity contribution < 1.29 is 14.3 Å². The van der Waals surface area contributed by atoms with Gasteiger partial charge in [-0.1, -0.05) is 17.7 Å². The highest BCUT2D eigenvalue weighted by molar-refractivity contribution is 7.14. The van der Waals surface area contributed by atoms with E-state index in [4.69, 9.17) is 4.74 Å². The molecule has 0 bridgehead atoms. The molecule has 1 aliphatic rings. The van der Waals surface area contributed by atoms with Crippen molar-refractivity contribution in [1.29, 1.82) is 0 Å². The second-order valence-corrected chi connectivity index (χ2v) is 7.46. The van der Waals surface area contributed by atoms with Crippen LogP contribution in [0, 0.1) is 6.92 Å². The molecule has 0 radical (unpaired) electrons. The number of ether oxygens (including phenoxy) is 1. The number of anilines is 1. The molecule has 2 heterocycles. The molecule has 2 aromatic rings. The van der Waals surface area contributed by atoms with Gasteiger partial charge in [0.1, 0.15) is 6.10 Å². The molecule has 0 fully saturated rings. The fourth-order valence-corrected chi connectivity index (χ4v) is 3.82. The van der Waals surface area contributed by atoms with E-state index in [-0.39, 0.29) is 18.0 Å². The molecule has 0 saturated carbocycles. The average molecular weight is 374 g/mol. The molecule has 0 unspecified atom stereocenters. The first kappa shape index (κ1) is 18.3. The zero-order valence-electron chi connectivity index (χ0n) is 15.3. The summed E-state index contributed by atoms with van der Waals surface area (Å²) in [5.74, 6) is -0.256. The number of aryl methyl sites for hydroxylation is 1. The Kier molecular flexibility index (Phi) is 5.24. The second-order valence-electron chi connectivity index (χ2n) is 6.43. The van der Waals surface area contributed by atoms with Gasteiger partial charge in [-0.05, 0) is 19.1 Å². The number of methoxy groups -OCH3 is 1. The van der Waals surface area contributed by atoms with Crippen molar-refractivity contribution in [3.8, 4) is 0 Å². The van der Waals surface area contributed by atoms with Crippen molar-refractivity contribution in [1.82, 2.24) is 14.8 Å². The maximum Gasteiger partial charge on any atom is 0.319 e. The molecule has 26 heavy (non-hydrogen) atoms. The fraction of sp³-hybridized carbons (Fsp3) is 0.389. The van der Waals surface area contributed by atoms with Crippen LogP contribution in [0.2, 0.25) is 0 Å². The fourth-order valence-electron chi connectivity index (χ4n) is 2.79. The molecule has 1 aromatic heterocycles. The van der Waals surface area contributed by atoms with Crippen LogP contribution in [0.15, 0.2) is 24.3 Å². The smallest absolute Gasteiger partial charge is 0.319 e. The Morgan fingerprint density at radius 1 is 1.31 bits per heavy atom. The number of hydrogen-bond donors (Lipinski definition) is 1. The number of fused-ring (bicyclic) bond motifs is 1. The van der Waals surface area contributed by atoms with Crippen molar-refractivity contribution in [2.75, 3.05) is 33.1 Å². The van der Waals surface area contributed by atoms with Gasteiger partial charge < -0.3 is 19.9 Å². The third kappa shape index (κ3) is 3.71. The molecule has 1 aliphatic heterocycles. The van der Waals surface area contributed by atoms with Crippen LogP contribution in [-0.2, 0) is 11.3 Å². The van der Waals surface area contributed by atoms with Crippen molar-refractivity contribution >= 4 is 29.0 Å². The summed E-state index contributed by atoms with van der Waals surface area (Å²) in [6.07, 6.45) is -0.277. The van der Waals surface area contributed by atoms with Gasteiger partial charge in [-0.25, -0.2) is 9.78 Å². The number of carbonyl (C=O) groups excluding carboxylic acids is 2. The lowest BCUT2D eigenvalue weighted by Crippen LogP contribution is -2.43. The second kappa shape index (κ2) is 7.43. The molecule has 0 saturated heterocycles. The van der Waals surface area contributed by atoms with E-state index in [0.717, 1.165) is 21.8 Å². The van der Waals surface area contributed by atoms with Crippen molar-refractivity contribution in [2.45, 2.75) is 19.6 Å². The Hall–Kier alpha value is -2.45. The van der Waals surface area contributed by atoms with Crippen LogP contribution in [0.1, 0.15) is 32.0 Å². The highest BCUT2D eigenvalue weighted by atomic mass is 32.1. The summed E-state index contributed by atoms with van der Waals surface area (Å²) in [5.41, 5.74) is 2.57. The van der Waals surface area contributed by atoms with Gasteiger partial charge in [0.15, 0.2) is 5.01 Å². The normalized spacial score (nSPS) is 16.2. The zero-order chi connectivity index (χ0) is 18.8. The first-order chi connectivity index (χ1) is 12.4. The number of rotatable bonds is 3. The van der Waals surface area contributed by atoms with Gasteiger partial charge in [-0.15, -0.1) is 11.3 Å². The summed E-state index contributed by atoms with van der Waals surface area (Å²) in [7, 11) is 5.02. The molecular formula is C18H22N4O3S. The lowest BCUT2D eigenvalue weighted by atomic mass is 10.1. The molecule has 8 heteroatoms. The van der Waals surface area contributed by atoms with Crippen LogP contribution < -0.4 is 5.32 Å². The van der Waals surface area contributed by atoms with Crippen molar-refractivity contribution in [2.24, 2.45) is 0 Å². The number of thiazole rings is 1. The number of aromatic nitrogens is 1. The Bertz CT molecular complexity index is 816. The van der Waals surface area contributed by atoms with Crippen LogP contribution in [0.25, 0.3) is 0 Å². The summed E-state index contributed by atoms with van der Waals surface area (Å²) in [5, 5.41) is 3.23. The molecule has 138 valence electrons. The maximum absolute atomic E-state index is 12.5. The summed E-state index contributed by atoms with van der Waals surface area (Å²) in [4.78, 5) is 33.4. The predicted molar refractivity (Wildman–Crippen MR) is 100 cm³/mol. The van der Waals surface area contributed by atoms with E-state index in [1.54, 1.807) is 26.1 Å². The number of urea groups is 1. The van der Waals surface area contributed by atoms with Gasteiger partial charge in [0.25, 0.3) is 5.91 Å². The largest absolute Gasteiger partial charge is 0.374 e. The van der Waals surface area contributed by atoms with E-state index in [9.17, 15) is 9.59 Å². The SMILES string of the molecule is CO[C@@H]1CN(C(=O)N(C)C)Cc2nc(C(=O)Nc3ccc(C)cc3)sc21. The van der Waals surface area contributed by atoms with E-state index in [2.05, 4.69) is 10.3 Å². The zero-order valence-corrected chi connectivity index (χ0v) is 16.1. The molecule has 7 nitrogen and oxygen atoms in total. The van der Waals surface area contributed by atoms with Gasteiger partial charge in [0.05, 0.1) is 23.7 Å². The highest BCUT2D eigenvalue weighted by Crippen LogP contribution is 2.34. The number of carbonyl (C=O) groups is 2. The number of amides is 3. The summed E-state index contributed by atoms with van der Waals surface area (Å²) in [6, 6.07) is 7.49. The molecule has 3 amide bonds. The van der Waals surface area contributed by atoms with Crippen LogP contribution in [0.4, 0.5) is 10.5 Å². The third-order valence-electron chi connectivity index (χ3n) is 4.19. The third-order valence-corrected chi connectivity index (χ3v) is 5.38. The average Bonchev–Trinajstić information content (AvgIpc) is 3.06. The van der Waals surface area contributed by atoms with E-state index in [1.165, 1.54) is 16.2 Å². The van der Waals surface area contributed by atoms with E-state index >= 15 is 0 Å². The number of hydrogen-bond acceptors (Lipinski definition) is 5. The first-order valence-corrected chi connectivity index (χ1v) is 9.07. The van der Waals surface area contributed by atoms with E-state index < -0.39 is 0 Å². The quantitative estimate of drug-likeness (QED) is 0.896. The number of nitrogens with zero attached hydrogens (tertiary/aromatic N) is 3. The van der Waals surface area contributed by atoms with Gasteiger partial charge in [-0.2, -0.15) is 0 Å². The minimum Gasteiger partial charge on any atom is -0.374 e. The standard InChI is InChI=1S/C18H22N4O3S/c1-11-5-7-12(8-6-11)19-16(23)17-20-13-9-22(18(24)21(2)3)10-14(25-4)15(13)26-17/h5-8,14H,9-10H2,1-4H3,(H,19,23)/t14-/m1/s1. The molecule has 1 aromatic carbocycles. The van der Waals surface area contributed by atoms with Crippen LogP contribution >= 0.6 is 11.3 Å². The number of benzene rings is 1. The van der Waals surface area contributed by atoms with Gasteiger partial charge in [0, 0.05) is 26.9 Å². The molecule has 0 spiro atoms. The van der Waals surface area contributed by atoms with Crippen molar-refractivity contribution in [3.63, 3.8) is 0 Å². The first-order valence-electron chi connectivity index (χ1n) is 8.25. The Morgan fingerprint density at radius 2 is 2.00 bits per heavy atom. The Labute approximate surface area is 156 Å². The lowest BCUT2D eigenvalue weighted by Gasteiger charge is -2.32. The van der Waals surface area contributed by atoms with Gasteiger partial charge in [0.2, 0.25) is 0 Å². The van der Waals surface area contributed by atoms with Crippen LogP contribution in [0.3, 0.4) is 0 Å². The van der Waals surface area contributed by atoms with E-state index in [1.807, 2.05) is 31.2 Å². The van der Waals surface area contributed by atoms with Crippen molar-refractivity contribution in [3.05, 3.63) is 45.4 Å². The number of nitrogens with one attached hydrogen (secondary N) is 1. The summed E-state index contributed by atoms with van der Waals surface area (Å²) < 4.78 is 5.53. The van der Waals surface area contributed by atoms with Crippen LogP contribution in [-0.4, -0.2) is 54.5 Å². The monoisotopic (exact) mass is 374 g/mol. The highest BCUT2D eigenvalue weighted by Gasteiger charge is 2.33. The molecular weight excluding hydrogens is 352 g/mol. The molecule has 1 atom stereocenters. The van der Waals surface area contributed by atoms with E-state index in [0.29, 0.717) is 18.1 Å². The molecule has 1 N–H and O–H groups in total. The Balaban J connectivity index is 1.81. The lowest BCUT2D eigenvalue weighted by molar-refractivity contribution is 0.0564. The summed E-state index contributed by atoms with van der Waals surface area (Å²) >= 11 is 1.32. The maximum atomic E-state index is 12.5. The topological polar surface area (TPSA) is 74.8 Å². The van der Waals surface area contributed by atoms with Gasteiger partial charge >= 0.3 is 6.03 Å². The Morgan fingerprint density at radius 3 is 2.62 bits per heavy atom. The summed E-state index contributed by atoms with van der Waals surface area (Å²) in [6.45, 7) is 2.81. The predicted octanol–water partition coefficient (Wildman–Crippen LogP) is 2.89. The molecule has 3 rings (SSSR count). The minimum absolute atomic E-state index is 0.101. The van der Waals surface area contributed by atoms with Crippen LogP contribution in [0.5, 0.6) is 0 Å². The van der Waals surface area contributed by atoms with Gasteiger partial charge in [-0.3, -0.25) is 4.79 Å². The molecule has 0 aliphatic carbocycles.